The number of esters is 1. The van der Waals surface area contributed by atoms with Gasteiger partial charge in [-0.2, -0.15) is 0 Å². The molecule has 0 bridgehead atoms. The normalized spacial score (nSPS) is 12.1. The van der Waals surface area contributed by atoms with Crippen molar-refractivity contribution in [1.82, 2.24) is 0 Å². The van der Waals surface area contributed by atoms with Crippen molar-refractivity contribution < 1.29 is 23.5 Å². The first kappa shape index (κ1) is 19.2. The molecule has 4 nitrogen and oxygen atoms in total. The van der Waals surface area contributed by atoms with Gasteiger partial charge in [0.2, 0.25) is 5.78 Å². The summed E-state index contributed by atoms with van der Waals surface area (Å²) in [6.07, 6.45) is -0.953. The average molecular weight is 386 g/mol. The SMILES string of the molecule is COCc1c(C(=O)O[C@@H](C)C(=O)c2ccc(C)cc2)sc2cccc(F)c12. The van der Waals surface area contributed by atoms with Crippen LogP contribution in [0.5, 0.6) is 0 Å². The van der Waals surface area contributed by atoms with Crippen molar-refractivity contribution in [3.63, 3.8) is 0 Å². The van der Waals surface area contributed by atoms with E-state index in [0.717, 1.165) is 16.9 Å². The Morgan fingerprint density at radius 2 is 1.85 bits per heavy atom. The zero-order valence-corrected chi connectivity index (χ0v) is 16.1. The lowest BCUT2D eigenvalue weighted by molar-refractivity contribution is 0.0320. The molecule has 3 rings (SSSR count). The highest BCUT2D eigenvalue weighted by Gasteiger charge is 2.25. The molecule has 6 heteroatoms. The molecule has 0 aliphatic rings. The number of carbonyl (C=O) groups excluding carboxylic acids is 2. The van der Waals surface area contributed by atoms with Gasteiger partial charge in [0.25, 0.3) is 0 Å². The van der Waals surface area contributed by atoms with Crippen LogP contribution in [0.25, 0.3) is 10.1 Å². The highest BCUT2D eigenvalue weighted by molar-refractivity contribution is 7.21. The third-order valence-corrected chi connectivity index (χ3v) is 5.40. The molecule has 1 heterocycles. The fourth-order valence-electron chi connectivity index (χ4n) is 2.83. The van der Waals surface area contributed by atoms with E-state index in [4.69, 9.17) is 9.47 Å². The van der Waals surface area contributed by atoms with Crippen molar-refractivity contribution in [3.05, 3.63) is 69.8 Å². The molecule has 0 amide bonds. The summed E-state index contributed by atoms with van der Waals surface area (Å²) < 4.78 is 25.4. The number of rotatable bonds is 6. The van der Waals surface area contributed by atoms with Crippen LogP contribution in [-0.2, 0) is 16.1 Å². The largest absolute Gasteiger partial charge is 0.450 e. The van der Waals surface area contributed by atoms with Gasteiger partial charge < -0.3 is 9.47 Å². The molecule has 0 aliphatic carbocycles. The van der Waals surface area contributed by atoms with Crippen LogP contribution in [0.2, 0.25) is 0 Å². The van der Waals surface area contributed by atoms with Crippen LogP contribution in [0.1, 0.15) is 38.1 Å². The lowest BCUT2D eigenvalue weighted by Crippen LogP contribution is -2.24. The zero-order valence-electron chi connectivity index (χ0n) is 15.2. The number of hydrogen-bond acceptors (Lipinski definition) is 5. The molecule has 0 aliphatic heterocycles. The summed E-state index contributed by atoms with van der Waals surface area (Å²) >= 11 is 1.13. The summed E-state index contributed by atoms with van der Waals surface area (Å²) in [7, 11) is 1.48. The molecule has 2 aromatic carbocycles. The molecule has 140 valence electrons. The Morgan fingerprint density at radius 3 is 2.52 bits per heavy atom. The van der Waals surface area contributed by atoms with Gasteiger partial charge in [-0.1, -0.05) is 35.9 Å². The van der Waals surface area contributed by atoms with Crippen LogP contribution >= 0.6 is 11.3 Å². The Balaban J connectivity index is 1.87. The fraction of sp³-hybridized carbons (Fsp3) is 0.238. The van der Waals surface area contributed by atoms with Crippen LogP contribution in [0, 0.1) is 12.7 Å². The van der Waals surface area contributed by atoms with Crippen LogP contribution in [0.15, 0.2) is 42.5 Å². The quantitative estimate of drug-likeness (QED) is 0.446. The number of thiophene rings is 1. The highest BCUT2D eigenvalue weighted by Crippen LogP contribution is 2.34. The number of aryl methyl sites for hydroxylation is 1. The van der Waals surface area contributed by atoms with E-state index >= 15 is 0 Å². The smallest absolute Gasteiger partial charge is 0.349 e. The first-order valence-electron chi connectivity index (χ1n) is 8.43. The first-order chi connectivity index (χ1) is 12.9. The molecule has 0 saturated heterocycles. The van der Waals surface area contributed by atoms with Crippen LogP contribution in [0.4, 0.5) is 4.39 Å². The van der Waals surface area contributed by atoms with Gasteiger partial charge in [0.05, 0.1) is 6.61 Å². The number of Topliss-reactive ketones (excluding diaryl/α,β-unsaturated/α-hetero) is 1. The Bertz CT molecular complexity index is 991. The van der Waals surface area contributed by atoms with E-state index in [9.17, 15) is 14.0 Å². The standard InChI is InChI=1S/C21H19FO4S/c1-12-7-9-14(10-8-12)19(23)13(2)26-21(24)20-15(11-25-3)18-16(22)5-4-6-17(18)27-20/h4-10,13H,11H2,1-3H3/t13-/m0/s1. The Morgan fingerprint density at radius 1 is 1.15 bits per heavy atom. The second-order valence-corrected chi connectivity index (χ2v) is 7.29. The number of methoxy groups -OCH3 is 1. The number of halogens is 1. The van der Waals surface area contributed by atoms with Crippen molar-refractivity contribution in [2.45, 2.75) is 26.6 Å². The molecule has 0 spiro atoms. The Hall–Kier alpha value is -2.57. The summed E-state index contributed by atoms with van der Waals surface area (Å²) in [5.74, 6) is -1.36. The van der Waals surface area contributed by atoms with E-state index < -0.39 is 17.9 Å². The maximum Gasteiger partial charge on any atom is 0.349 e. The number of ether oxygens (including phenoxy) is 2. The Labute approximate surface area is 160 Å². The summed E-state index contributed by atoms with van der Waals surface area (Å²) in [6, 6.07) is 11.7. The predicted octanol–water partition coefficient (Wildman–Crippen LogP) is 4.92. The lowest BCUT2D eigenvalue weighted by Gasteiger charge is -2.12. The van der Waals surface area contributed by atoms with E-state index in [1.165, 1.54) is 20.1 Å². The number of ketones is 1. The first-order valence-corrected chi connectivity index (χ1v) is 9.24. The second kappa shape index (κ2) is 7.98. The maximum absolute atomic E-state index is 14.2. The van der Waals surface area contributed by atoms with Crippen molar-refractivity contribution in [2.75, 3.05) is 7.11 Å². The van der Waals surface area contributed by atoms with E-state index in [0.29, 0.717) is 21.2 Å². The lowest BCUT2D eigenvalue weighted by atomic mass is 10.1. The minimum Gasteiger partial charge on any atom is -0.450 e. The summed E-state index contributed by atoms with van der Waals surface area (Å²) in [4.78, 5) is 25.4. The third-order valence-electron chi connectivity index (χ3n) is 4.23. The molecule has 0 unspecified atom stereocenters. The zero-order chi connectivity index (χ0) is 19.6. The van der Waals surface area contributed by atoms with E-state index in [1.54, 1.807) is 24.3 Å². The van der Waals surface area contributed by atoms with Crippen molar-refractivity contribution in [1.29, 1.82) is 0 Å². The molecule has 0 fully saturated rings. The fourth-order valence-corrected chi connectivity index (χ4v) is 3.94. The van der Waals surface area contributed by atoms with Crippen LogP contribution < -0.4 is 0 Å². The van der Waals surface area contributed by atoms with Gasteiger partial charge in [-0.05, 0) is 26.0 Å². The van der Waals surface area contributed by atoms with E-state index in [-0.39, 0.29) is 17.3 Å². The third kappa shape index (κ3) is 3.91. The average Bonchev–Trinajstić information content (AvgIpc) is 3.02. The highest BCUT2D eigenvalue weighted by atomic mass is 32.1. The summed E-state index contributed by atoms with van der Waals surface area (Å²) in [5, 5.41) is 0.355. The second-order valence-electron chi connectivity index (χ2n) is 6.23. The van der Waals surface area contributed by atoms with Gasteiger partial charge in [-0.3, -0.25) is 4.79 Å². The topological polar surface area (TPSA) is 52.6 Å². The van der Waals surface area contributed by atoms with Gasteiger partial charge in [-0.15, -0.1) is 11.3 Å². The van der Waals surface area contributed by atoms with Crippen molar-refractivity contribution in [3.8, 4) is 0 Å². The molecule has 0 saturated carbocycles. The van der Waals surface area contributed by atoms with Crippen molar-refractivity contribution >= 4 is 33.2 Å². The predicted molar refractivity (Wildman–Crippen MR) is 103 cm³/mol. The number of carbonyl (C=O) groups is 2. The minimum absolute atomic E-state index is 0.0751. The van der Waals surface area contributed by atoms with Crippen LogP contribution in [-0.4, -0.2) is 25.0 Å². The number of fused-ring (bicyclic) bond motifs is 1. The van der Waals surface area contributed by atoms with Gasteiger partial charge >= 0.3 is 5.97 Å². The minimum atomic E-state index is -0.953. The molecule has 27 heavy (non-hydrogen) atoms. The van der Waals surface area contributed by atoms with Gasteiger partial charge in [-0.25, -0.2) is 9.18 Å². The van der Waals surface area contributed by atoms with E-state index in [1.807, 2.05) is 19.1 Å². The van der Waals surface area contributed by atoms with Gasteiger partial charge in [0.15, 0.2) is 6.10 Å². The molecule has 0 radical (unpaired) electrons. The Kier molecular flexibility index (Phi) is 5.68. The number of hydrogen-bond donors (Lipinski definition) is 0. The summed E-state index contributed by atoms with van der Waals surface area (Å²) in [6.45, 7) is 3.53. The molecular weight excluding hydrogens is 367 g/mol. The molecule has 1 aromatic heterocycles. The molecule has 3 aromatic rings. The van der Waals surface area contributed by atoms with Crippen molar-refractivity contribution in [2.24, 2.45) is 0 Å². The van der Waals surface area contributed by atoms with E-state index in [2.05, 4.69) is 0 Å². The van der Waals surface area contributed by atoms with Gasteiger partial charge in [0.1, 0.15) is 10.7 Å². The molecule has 0 N–H and O–H groups in total. The maximum atomic E-state index is 14.2. The summed E-state index contributed by atoms with van der Waals surface area (Å²) in [5.41, 5.74) is 1.95. The number of benzene rings is 2. The van der Waals surface area contributed by atoms with Crippen LogP contribution in [0.3, 0.4) is 0 Å². The monoisotopic (exact) mass is 386 g/mol. The molecular formula is C21H19FO4S. The van der Waals surface area contributed by atoms with Gasteiger partial charge in [0, 0.05) is 28.3 Å². The molecule has 1 atom stereocenters.